The molecule has 0 unspecified atom stereocenters. The quantitative estimate of drug-likeness (QED) is 0.382. The second-order valence-corrected chi connectivity index (χ2v) is 8.16. The number of ether oxygens (including phenoxy) is 2. The van der Waals surface area contributed by atoms with E-state index in [2.05, 4.69) is 84.1 Å². The largest absolute Gasteiger partial charge is 0.489 e. The van der Waals surface area contributed by atoms with Crippen molar-refractivity contribution in [2.24, 2.45) is 0 Å². The Balaban J connectivity index is 1.77. The highest BCUT2D eigenvalue weighted by molar-refractivity contribution is 14.1. The van der Waals surface area contributed by atoms with E-state index in [1.54, 1.807) is 12.1 Å². The van der Waals surface area contributed by atoms with Gasteiger partial charge in [-0.05, 0) is 95.1 Å². The molecule has 0 amide bonds. The number of aliphatic carboxylic acids is 1. The molecule has 154 valence electrons. The third kappa shape index (κ3) is 6.10. The molecule has 0 aliphatic carbocycles. The van der Waals surface area contributed by atoms with Crippen molar-refractivity contribution in [1.29, 1.82) is 0 Å². The van der Waals surface area contributed by atoms with Gasteiger partial charge in [0.2, 0.25) is 0 Å². The van der Waals surface area contributed by atoms with Crippen molar-refractivity contribution in [3.8, 4) is 11.5 Å². The molecule has 0 aliphatic heterocycles. The van der Waals surface area contributed by atoms with Crippen LogP contribution < -0.4 is 9.47 Å². The summed E-state index contributed by atoms with van der Waals surface area (Å²) >= 11 is 2.30. The molecule has 4 nitrogen and oxygen atoms in total. The Hall–Kier alpha value is -2.80. The van der Waals surface area contributed by atoms with E-state index in [1.807, 2.05) is 13.0 Å². The smallest absolute Gasteiger partial charge is 0.341 e. The molecular weight excluding hydrogens is 491 g/mol. The van der Waals surface area contributed by atoms with E-state index in [9.17, 15) is 4.79 Å². The van der Waals surface area contributed by atoms with Crippen LogP contribution >= 0.6 is 22.6 Å². The first-order valence-electron chi connectivity index (χ1n) is 9.53. The van der Waals surface area contributed by atoms with Gasteiger partial charge in [0.15, 0.2) is 6.61 Å². The molecule has 3 aromatic carbocycles. The minimum Gasteiger partial charge on any atom is -0.489 e. The number of carboxylic acids is 1. The number of benzene rings is 3. The van der Waals surface area contributed by atoms with Gasteiger partial charge in [-0.1, -0.05) is 42.0 Å². The van der Waals surface area contributed by atoms with Crippen molar-refractivity contribution in [1.82, 2.24) is 0 Å². The average Bonchev–Trinajstić information content (AvgIpc) is 2.72. The lowest BCUT2D eigenvalue weighted by atomic mass is 9.97. The molecule has 3 aromatic rings. The minimum atomic E-state index is -1.00. The molecule has 0 bridgehead atoms. The molecule has 1 N–H and O–H groups in total. The van der Waals surface area contributed by atoms with Crippen LogP contribution in [0.1, 0.15) is 22.3 Å². The number of rotatable bonds is 8. The van der Waals surface area contributed by atoms with Crippen LogP contribution in [-0.2, 0) is 4.79 Å². The highest BCUT2D eigenvalue weighted by atomic mass is 127. The first-order chi connectivity index (χ1) is 14.4. The highest BCUT2D eigenvalue weighted by Gasteiger charge is 2.07. The van der Waals surface area contributed by atoms with Gasteiger partial charge in [-0.3, -0.25) is 0 Å². The number of carbonyl (C=O) groups is 1. The number of halogens is 1. The van der Waals surface area contributed by atoms with E-state index >= 15 is 0 Å². The van der Waals surface area contributed by atoms with Crippen molar-refractivity contribution in [3.05, 3.63) is 98.6 Å². The maximum Gasteiger partial charge on any atom is 0.341 e. The SMILES string of the molecule is Cc1ccc(/C(=C/COc2ccc(OCC(=O)O)c(C)c2)c2ccc(I)cc2)cc1. The van der Waals surface area contributed by atoms with Gasteiger partial charge >= 0.3 is 5.97 Å². The summed E-state index contributed by atoms with van der Waals surface area (Å²) in [5, 5.41) is 8.75. The van der Waals surface area contributed by atoms with Crippen molar-refractivity contribution in [3.63, 3.8) is 0 Å². The van der Waals surface area contributed by atoms with Crippen LogP contribution in [0, 0.1) is 17.4 Å². The van der Waals surface area contributed by atoms with Crippen molar-refractivity contribution in [2.75, 3.05) is 13.2 Å². The molecule has 0 aromatic heterocycles. The van der Waals surface area contributed by atoms with Crippen LogP contribution in [0.3, 0.4) is 0 Å². The van der Waals surface area contributed by atoms with Crippen LogP contribution in [0.15, 0.2) is 72.8 Å². The lowest BCUT2D eigenvalue weighted by molar-refractivity contribution is -0.139. The van der Waals surface area contributed by atoms with Crippen molar-refractivity contribution >= 4 is 34.1 Å². The van der Waals surface area contributed by atoms with Gasteiger partial charge in [-0.2, -0.15) is 0 Å². The zero-order valence-corrected chi connectivity index (χ0v) is 19.0. The summed E-state index contributed by atoms with van der Waals surface area (Å²) in [6.07, 6.45) is 2.08. The lowest BCUT2D eigenvalue weighted by Crippen LogP contribution is -2.10. The van der Waals surface area contributed by atoms with Crippen molar-refractivity contribution in [2.45, 2.75) is 13.8 Å². The summed E-state index contributed by atoms with van der Waals surface area (Å²) < 4.78 is 12.4. The summed E-state index contributed by atoms with van der Waals surface area (Å²) in [6, 6.07) is 22.3. The van der Waals surface area contributed by atoms with E-state index in [0.717, 1.165) is 22.3 Å². The molecule has 0 spiro atoms. The Labute approximate surface area is 190 Å². The van der Waals surface area contributed by atoms with E-state index in [-0.39, 0.29) is 6.61 Å². The van der Waals surface area contributed by atoms with Gasteiger partial charge in [-0.25, -0.2) is 4.79 Å². The normalized spacial score (nSPS) is 11.2. The monoisotopic (exact) mass is 514 g/mol. The van der Waals surface area contributed by atoms with Gasteiger partial charge in [0, 0.05) is 3.57 Å². The molecular formula is C25H23IO4. The summed E-state index contributed by atoms with van der Waals surface area (Å²) in [7, 11) is 0. The molecule has 0 saturated heterocycles. The number of hydrogen-bond acceptors (Lipinski definition) is 3. The van der Waals surface area contributed by atoms with E-state index < -0.39 is 5.97 Å². The van der Waals surface area contributed by atoms with Crippen molar-refractivity contribution < 1.29 is 19.4 Å². The van der Waals surface area contributed by atoms with E-state index in [4.69, 9.17) is 14.6 Å². The second kappa shape index (κ2) is 10.3. The Morgan fingerprint density at radius 2 is 1.57 bits per heavy atom. The Bertz CT molecular complexity index is 990. The van der Waals surface area contributed by atoms with Gasteiger partial charge in [-0.15, -0.1) is 0 Å². The number of aryl methyl sites for hydroxylation is 2. The van der Waals surface area contributed by atoms with E-state index in [0.29, 0.717) is 18.1 Å². The topological polar surface area (TPSA) is 55.8 Å². The molecule has 0 fully saturated rings. The number of hydrogen-bond donors (Lipinski definition) is 1. The summed E-state index contributed by atoms with van der Waals surface area (Å²) in [5.74, 6) is 0.246. The molecule has 3 rings (SSSR count). The molecule has 0 heterocycles. The fourth-order valence-corrected chi connectivity index (χ4v) is 3.36. The van der Waals surface area contributed by atoms with Gasteiger partial charge < -0.3 is 14.6 Å². The van der Waals surface area contributed by atoms with E-state index in [1.165, 1.54) is 9.13 Å². The number of carboxylic acid groups (broad SMARTS) is 1. The first kappa shape index (κ1) is 21.9. The Kier molecular flexibility index (Phi) is 7.52. The maximum absolute atomic E-state index is 10.7. The summed E-state index contributed by atoms with van der Waals surface area (Å²) in [5.41, 5.74) is 5.44. The summed E-state index contributed by atoms with van der Waals surface area (Å²) in [6.45, 7) is 3.99. The molecule has 0 aliphatic rings. The summed E-state index contributed by atoms with van der Waals surface area (Å²) in [4.78, 5) is 10.7. The first-order valence-corrected chi connectivity index (χ1v) is 10.6. The molecule has 0 atom stereocenters. The molecule has 5 heteroatoms. The van der Waals surface area contributed by atoms with Gasteiger partial charge in [0.1, 0.15) is 18.1 Å². The third-order valence-electron chi connectivity index (χ3n) is 4.55. The van der Waals surface area contributed by atoms with Crippen LogP contribution in [-0.4, -0.2) is 24.3 Å². The molecule has 0 saturated carbocycles. The van der Waals surface area contributed by atoms with Gasteiger partial charge in [0.05, 0.1) is 0 Å². The highest BCUT2D eigenvalue weighted by Crippen LogP contribution is 2.26. The average molecular weight is 514 g/mol. The predicted molar refractivity (Wildman–Crippen MR) is 127 cm³/mol. The standard InChI is InChI=1S/C25H23IO4/c1-17-3-5-19(6-4-17)23(20-7-9-21(26)10-8-20)13-14-29-22-11-12-24(18(2)15-22)30-16-25(27)28/h3-13,15H,14,16H2,1-2H3,(H,27,28)/b23-13-. The maximum atomic E-state index is 10.7. The zero-order valence-electron chi connectivity index (χ0n) is 16.9. The fraction of sp³-hybridized carbons (Fsp3) is 0.160. The van der Waals surface area contributed by atoms with Crippen LogP contribution in [0.25, 0.3) is 5.57 Å². The minimum absolute atomic E-state index is 0.361. The molecule has 30 heavy (non-hydrogen) atoms. The van der Waals surface area contributed by atoms with Gasteiger partial charge in [0.25, 0.3) is 0 Å². The fourth-order valence-electron chi connectivity index (χ4n) is 3.00. The Morgan fingerprint density at radius 3 is 2.17 bits per heavy atom. The second-order valence-electron chi connectivity index (χ2n) is 6.91. The van der Waals surface area contributed by atoms with Crippen LogP contribution in [0.4, 0.5) is 0 Å². The van der Waals surface area contributed by atoms with Crippen LogP contribution in [0.2, 0.25) is 0 Å². The van der Waals surface area contributed by atoms with Crippen LogP contribution in [0.5, 0.6) is 11.5 Å². The molecule has 0 radical (unpaired) electrons. The predicted octanol–water partition coefficient (Wildman–Crippen LogP) is 5.88. The Morgan fingerprint density at radius 1 is 0.933 bits per heavy atom. The lowest BCUT2D eigenvalue weighted by Gasteiger charge is -2.12. The third-order valence-corrected chi connectivity index (χ3v) is 5.27. The zero-order chi connectivity index (χ0) is 21.5.